The number of allylic oxidation sites excluding steroid dienone is 2. The summed E-state index contributed by atoms with van der Waals surface area (Å²) in [6.07, 6.45) is 6.86. The van der Waals surface area contributed by atoms with Crippen molar-refractivity contribution in [3.63, 3.8) is 0 Å². The monoisotopic (exact) mass is 498 g/mol. The van der Waals surface area contributed by atoms with Crippen LogP contribution in [0.1, 0.15) is 47.0 Å². The number of unbranched alkanes of at least 4 members (excludes halogenated alkanes) is 1. The molecule has 0 radical (unpaired) electrons. The number of ether oxygens (including phenoxy) is 1. The zero-order chi connectivity index (χ0) is 25.7. The van der Waals surface area contributed by atoms with E-state index in [1.165, 1.54) is 7.11 Å². The molecule has 1 atom stereocenters. The average molecular weight is 499 g/mol. The topological polar surface area (TPSA) is 55.8 Å². The highest BCUT2D eigenvalue weighted by Gasteiger charge is 2.44. The highest BCUT2D eigenvalue weighted by Crippen LogP contribution is 2.44. The molecule has 0 aromatic heterocycles. The van der Waals surface area contributed by atoms with Crippen LogP contribution in [0.2, 0.25) is 18.1 Å². The van der Waals surface area contributed by atoms with E-state index in [9.17, 15) is 9.90 Å². The van der Waals surface area contributed by atoms with Crippen molar-refractivity contribution in [1.82, 2.24) is 0 Å². The van der Waals surface area contributed by atoms with Crippen molar-refractivity contribution in [1.29, 1.82) is 0 Å². The molecular weight excluding hydrogens is 460 g/mol. The summed E-state index contributed by atoms with van der Waals surface area (Å²) < 4.78 is 11.4. The number of thioether (sulfide) groups is 1. The van der Waals surface area contributed by atoms with Crippen LogP contribution in [0.4, 0.5) is 0 Å². The van der Waals surface area contributed by atoms with Gasteiger partial charge in [-0.2, -0.15) is 0 Å². The lowest BCUT2D eigenvalue weighted by molar-refractivity contribution is -0.140. The lowest BCUT2D eigenvalue weighted by Crippen LogP contribution is -2.48. The van der Waals surface area contributed by atoms with Gasteiger partial charge in [-0.25, -0.2) is 0 Å². The van der Waals surface area contributed by atoms with Gasteiger partial charge in [0.15, 0.2) is 8.32 Å². The first-order valence-corrected chi connectivity index (χ1v) is 15.1. The molecule has 1 rings (SSSR count). The number of hydrogen-bond donors (Lipinski definition) is 1. The van der Waals surface area contributed by atoms with Gasteiger partial charge in [-0.15, -0.1) is 0 Å². The standard InChI is InChI=1S/C28H38O4SSi/c1-27(2,3)34(6,7)32-28(4,25(21-23-29)33-24-18-14-13-15-19-24)22-17-12-10-8-9-11-16-20-26(30)31-5/h10,12-15,18-19,21,29H,11,16,20,23H2,1-7H3/b12-10-,25-21-/t28-/m1/s1. The van der Waals surface area contributed by atoms with E-state index in [-0.39, 0.29) is 17.6 Å². The van der Waals surface area contributed by atoms with E-state index in [1.54, 1.807) is 30.0 Å². The summed E-state index contributed by atoms with van der Waals surface area (Å²) in [5.41, 5.74) is -0.884. The maximum absolute atomic E-state index is 11.1. The Bertz CT molecular complexity index is 969. The fraction of sp³-hybridized carbons (Fsp3) is 0.464. The molecule has 0 aliphatic rings. The third-order valence-corrected chi connectivity index (χ3v) is 11.4. The lowest BCUT2D eigenvalue weighted by atomic mass is 10.1. The van der Waals surface area contributed by atoms with E-state index in [0.29, 0.717) is 19.3 Å². The Labute approximate surface area is 211 Å². The van der Waals surface area contributed by atoms with Crippen LogP contribution in [0.25, 0.3) is 0 Å². The molecule has 0 aliphatic carbocycles. The third-order valence-electron chi connectivity index (χ3n) is 5.56. The number of methoxy groups -OCH3 is 1. The normalized spacial score (nSPS) is 13.9. The van der Waals surface area contributed by atoms with Gasteiger partial charge in [0.2, 0.25) is 0 Å². The number of aliphatic hydroxyl groups is 1. The average Bonchev–Trinajstić information content (AvgIpc) is 2.77. The van der Waals surface area contributed by atoms with Crippen LogP contribution in [-0.2, 0) is 14.0 Å². The maximum atomic E-state index is 11.1. The van der Waals surface area contributed by atoms with E-state index in [0.717, 1.165) is 9.80 Å². The number of carbonyl (C=O) groups is 1. The number of carbonyl (C=O) groups excluding carboxylic acids is 1. The first kappa shape index (κ1) is 29.8. The van der Waals surface area contributed by atoms with Crippen LogP contribution in [0.3, 0.4) is 0 Å². The van der Waals surface area contributed by atoms with Crippen LogP contribution in [0.15, 0.2) is 58.4 Å². The summed E-state index contributed by atoms with van der Waals surface area (Å²) in [4.78, 5) is 13.0. The van der Waals surface area contributed by atoms with Crippen molar-refractivity contribution < 1.29 is 19.1 Å². The van der Waals surface area contributed by atoms with Crippen LogP contribution in [0, 0.1) is 23.7 Å². The van der Waals surface area contributed by atoms with E-state index in [1.807, 2.05) is 37.3 Å². The molecule has 0 unspecified atom stereocenters. The molecule has 0 amide bonds. The molecule has 0 fully saturated rings. The zero-order valence-electron chi connectivity index (χ0n) is 21.5. The summed E-state index contributed by atoms with van der Waals surface area (Å²) in [6.45, 7) is 12.9. The second-order valence-electron chi connectivity index (χ2n) is 9.42. The Balaban J connectivity index is 3.14. The maximum Gasteiger partial charge on any atom is 0.305 e. The molecular formula is C28H38O4SSi. The molecule has 0 aliphatic heterocycles. The first-order chi connectivity index (χ1) is 15.9. The fourth-order valence-corrected chi connectivity index (χ4v) is 5.20. The van der Waals surface area contributed by atoms with Gasteiger partial charge in [0.1, 0.15) is 5.60 Å². The van der Waals surface area contributed by atoms with Gasteiger partial charge in [0.05, 0.1) is 13.7 Å². The second kappa shape index (κ2) is 14.2. The molecule has 0 saturated carbocycles. The lowest BCUT2D eigenvalue weighted by Gasteiger charge is -2.42. The Hall–Kier alpha value is -2.22. The number of rotatable bonds is 9. The SMILES string of the molecule is COC(=O)CCCC#C/C=C\C#C[C@@](C)(O[Si](C)(C)C(C)(C)C)/C(=C/CO)Sc1ccccc1. The van der Waals surface area contributed by atoms with Crippen LogP contribution >= 0.6 is 11.8 Å². The second-order valence-corrected chi connectivity index (χ2v) is 15.3. The Morgan fingerprint density at radius 2 is 1.76 bits per heavy atom. The third kappa shape index (κ3) is 10.4. The minimum atomic E-state index is -2.18. The minimum absolute atomic E-state index is 0.00317. The van der Waals surface area contributed by atoms with Crippen LogP contribution in [0.5, 0.6) is 0 Å². The molecule has 6 heteroatoms. The Kier molecular flexibility index (Phi) is 12.5. The predicted octanol–water partition coefficient (Wildman–Crippen LogP) is 6.34. The molecule has 1 N–H and O–H groups in total. The van der Waals surface area contributed by atoms with Gasteiger partial charge in [0, 0.05) is 22.6 Å². The quantitative estimate of drug-likeness (QED) is 0.141. The minimum Gasteiger partial charge on any atom is -0.469 e. The highest BCUT2D eigenvalue weighted by atomic mass is 32.2. The van der Waals surface area contributed by atoms with E-state index in [4.69, 9.17) is 4.43 Å². The zero-order valence-corrected chi connectivity index (χ0v) is 23.3. The fourth-order valence-electron chi connectivity index (χ4n) is 2.65. The Morgan fingerprint density at radius 1 is 1.12 bits per heavy atom. The summed E-state index contributed by atoms with van der Waals surface area (Å²) >= 11 is 1.56. The van der Waals surface area contributed by atoms with Crippen molar-refractivity contribution in [2.24, 2.45) is 0 Å². The van der Waals surface area contributed by atoms with Crippen LogP contribution in [-0.4, -0.2) is 38.7 Å². The molecule has 1 aromatic carbocycles. The smallest absolute Gasteiger partial charge is 0.305 e. The van der Waals surface area contributed by atoms with Gasteiger partial charge in [-0.05, 0) is 61.8 Å². The van der Waals surface area contributed by atoms with Crippen molar-refractivity contribution >= 4 is 26.0 Å². The first-order valence-electron chi connectivity index (χ1n) is 11.4. The summed E-state index contributed by atoms with van der Waals surface area (Å²) in [5, 5.41) is 9.76. The van der Waals surface area contributed by atoms with E-state index in [2.05, 4.69) is 62.3 Å². The molecule has 0 bridgehead atoms. The van der Waals surface area contributed by atoms with Gasteiger partial charge in [-0.3, -0.25) is 4.79 Å². The van der Waals surface area contributed by atoms with Crippen LogP contribution < -0.4 is 0 Å². The van der Waals surface area contributed by atoms with E-state index >= 15 is 0 Å². The summed E-state index contributed by atoms with van der Waals surface area (Å²) in [5.74, 6) is 12.1. The van der Waals surface area contributed by atoms with Crippen molar-refractivity contribution in [2.75, 3.05) is 13.7 Å². The van der Waals surface area contributed by atoms with Gasteiger partial charge in [-0.1, -0.05) is 74.4 Å². The molecule has 184 valence electrons. The number of hydrogen-bond acceptors (Lipinski definition) is 5. The number of aliphatic hydroxyl groups excluding tert-OH is 1. The van der Waals surface area contributed by atoms with Crippen molar-refractivity contribution in [2.45, 2.75) is 75.6 Å². The molecule has 0 saturated heterocycles. The molecule has 34 heavy (non-hydrogen) atoms. The Morgan fingerprint density at radius 3 is 2.35 bits per heavy atom. The summed E-state index contributed by atoms with van der Waals surface area (Å²) in [7, 11) is -0.794. The summed E-state index contributed by atoms with van der Waals surface area (Å²) in [6, 6.07) is 10.0. The molecule has 1 aromatic rings. The number of esters is 1. The molecule has 0 heterocycles. The van der Waals surface area contributed by atoms with Gasteiger partial charge >= 0.3 is 5.97 Å². The number of benzene rings is 1. The van der Waals surface area contributed by atoms with E-state index < -0.39 is 13.9 Å². The predicted molar refractivity (Wildman–Crippen MR) is 145 cm³/mol. The van der Waals surface area contributed by atoms with Crippen molar-refractivity contribution in [3.05, 3.63) is 53.5 Å². The van der Waals surface area contributed by atoms with Gasteiger partial charge in [0.25, 0.3) is 0 Å². The highest BCUT2D eigenvalue weighted by molar-refractivity contribution is 8.03. The van der Waals surface area contributed by atoms with Gasteiger partial charge < -0.3 is 14.3 Å². The largest absolute Gasteiger partial charge is 0.469 e. The molecule has 0 spiro atoms. The van der Waals surface area contributed by atoms with Crippen molar-refractivity contribution in [3.8, 4) is 23.7 Å². The molecule has 4 nitrogen and oxygen atoms in total.